The van der Waals surface area contributed by atoms with Crippen LogP contribution in [0, 0.1) is 0 Å². The Hall–Kier alpha value is -2.11. The quantitative estimate of drug-likeness (QED) is 0.299. The van der Waals surface area contributed by atoms with Crippen LogP contribution in [0.5, 0.6) is 0 Å². The summed E-state index contributed by atoms with van der Waals surface area (Å²) in [6.07, 6.45) is 4.18. The number of hydrogen-bond donors (Lipinski definition) is 2. The molecule has 0 bridgehead atoms. The molecule has 0 amide bonds. The Labute approximate surface area is 79.6 Å². The molecule has 1 rings (SSSR count). The minimum atomic E-state index is -1.08. The number of carboxylic acids is 1. The van der Waals surface area contributed by atoms with Crippen LogP contribution in [0.15, 0.2) is 29.7 Å². The van der Waals surface area contributed by atoms with Crippen LogP contribution in [-0.4, -0.2) is 29.1 Å². The van der Waals surface area contributed by atoms with Crippen LogP contribution in [0.4, 0.5) is 0 Å². The number of nitrogens with zero attached hydrogens (tertiary/aromatic N) is 2. The van der Waals surface area contributed by atoms with Gasteiger partial charge in [0.25, 0.3) is 0 Å². The van der Waals surface area contributed by atoms with Crippen LogP contribution in [0.25, 0.3) is 0 Å². The average molecular weight is 197 g/mol. The van der Waals surface area contributed by atoms with Gasteiger partial charge in [-0.3, -0.25) is 5.21 Å². The third kappa shape index (κ3) is 3.53. The monoisotopic (exact) mass is 197 g/mol. The molecule has 0 aliphatic carbocycles. The largest absolute Gasteiger partial charge is 0.479 e. The van der Waals surface area contributed by atoms with Crippen molar-refractivity contribution in [2.75, 3.05) is 6.61 Å². The second-order valence-electron chi connectivity index (χ2n) is 2.41. The first kappa shape index (κ1) is 9.97. The molecule has 0 aliphatic heterocycles. The second-order valence-corrected chi connectivity index (χ2v) is 2.41. The Morgan fingerprint density at radius 1 is 1.57 bits per heavy atom. The van der Waals surface area contributed by atoms with Gasteiger partial charge in [-0.05, 0) is 0 Å². The number of aromatic nitrogens is 1. The summed E-state index contributed by atoms with van der Waals surface area (Å²) in [6, 6.07) is 3.18. The normalized spacial score (nSPS) is 10.3. The van der Waals surface area contributed by atoms with E-state index in [0.717, 1.165) is 4.73 Å². The Kier molecular flexibility index (Phi) is 3.42. The van der Waals surface area contributed by atoms with E-state index in [1.807, 2.05) is 0 Å². The summed E-state index contributed by atoms with van der Waals surface area (Å²) in [7, 11) is 0. The first-order valence-electron chi connectivity index (χ1n) is 3.76. The Morgan fingerprint density at radius 2 is 2.21 bits per heavy atom. The molecule has 1 aromatic rings. The van der Waals surface area contributed by atoms with Crippen molar-refractivity contribution in [2.45, 2.75) is 0 Å². The third-order valence-corrected chi connectivity index (χ3v) is 1.30. The van der Waals surface area contributed by atoms with Crippen LogP contribution in [0.1, 0.15) is 5.56 Å². The zero-order valence-electron chi connectivity index (χ0n) is 7.20. The molecule has 0 aromatic carbocycles. The van der Waals surface area contributed by atoms with Gasteiger partial charge in [0.1, 0.15) is 0 Å². The zero-order chi connectivity index (χ0) is 10.4. The molecule has 0 radical (unpaired) electrons. The van der Waals surface area contributed by atoms with E-state index in [-0.39, 0.29) is 0 Å². The average Bonchev–Trinajstić information content (AvgIpc) is 2.15. The number of carbonyl (C=O) groups is 1. The van der Waals surface area contributed by atoms with Crippen LogP contribution in [-0.2, 0) is 9.63 Å². The molecule has 1 heterocycles. The van der Waals surface area contributed by atoms with Gasteiger partial charge in [-0.15, -0.1) is 0 Å². The summed E-state index contributed by atoms with van der Waals surface area (Å²) in [5.41, 5.74) is 0.695. The fourth-order valence-corrected chi connectivity index (χ4v) is 0.707. The van der Waals surface area contributed by atoms with Crippen molar-refractivity contribution in [2.24, 2.45) is 5.16 Å². The van der Waals surface area contributed by atoms with Crippen LogP contribution in [0.2, 0.25) is 0 Å². The molecule has 14 heavy (non-hydrogen) atoms. The summed E-state index contributed by atoms with van der Waals surface area (Å²) >= 11 is 0. The Balaban J connectivity index is 2.44. The number of hydrogen-bond acceptors (Lipinski definition) is 4. The van der Waals surface area contributed by atoms with Crippen molar-refractivity contribution < 1.29 is 24.7 Å². The van der Waals surface area contributed by atoms with Crippen molar-refractivity contribution in [3.63, 3.8) is 0 Å². The van der Waals surface area contributed by atoms with Crippen LogP contribution >= 0.6 is 0 Å². The number of rotatable bonds is 4. The lowest BCUT2D eigenvalue weighted by Crippen LogP contribution is -2.27. The molecule has 0 aliphatic rings. The van der Waals surface area contributed by atoms with Gasteiger partial charge >= 0.3 is 5.97 Å². The summed E-state index contributed by atoms with van der Waals surface area (Å²) in [6.45, 7) is -0.469. The van der Waals surface area contributed by atoms with Crippen LogP contribution in [0.3, 0.4) is 0 Å². The number of oxime groups is 1. The van der Waals surface area contributed by atoms with E-state index >= 15 is 0 Å². The smallest absolute Gasteiger partial charge is 0.344 e. The highest BCUT2D eigenvalue weighted by atomic mass is 16.6. The van der Waals surface area contributed by atoms with Crippen LogP contribution < -0.4 is 4.73 Å². The van der Waals surface area contributed by atoms with E-state index in [2.05, 4.69) is 9.99 Å². The highest BCUT2D eigenvalue weighted by Gasteiger charge is 1.96. The van der Waals surface area contributed by atoms with E-state index in [4.69, 9.17) is 10.3 Å². The molecule has 74 valence electrons. The molecule has 1 aromatic heterocycles. The lowest BCUT2D eigenvalue weighted by Gasteiger charge is -1.92. The van der Waals surface area contributed by atoms with E-state index < -0.39 is 12.6 Å². The van der Waals surface area contributed by atoms with E-state index in [0.29, 0.717) is 5.56 Å². The summed E-state index contributed by atoms with van der Waals surface area (Å²) in [5.74, 6) is -1.08. The second kappa shape index (κ2) is 4.80. The Morgan fingerprint density at radius 3 is 2.79 bits per heavy atom. The van der Waals surface area contributed by atoms with Crippen molar-refractivity contribution in [3.8, 4) is 0 Å². The molecule has 0 spiro atoms. The standard InChI is InChI=1S/C8H8N2O4/c11-8(12)6-14-9-5-7-1-3-10(13)4-2-7/h1-5H,6H2,(H-,9,11,12,13)/p+1. The van der Waals surface area contributed by atoms with Gasteiger partial charge in [0.15, 0.2) is 0 Å². The number of pyridine rings is 1. The topological polar surface area (TPSA) is 83.0 Å². The summed E-state index contributed by atoms with van der Waals surface area (Å²) in [5, 5.41) is 20.5. The van der Waals surface area contributed by atoms with Crippen molar-refractivity contribution in [1.29, 1.82) is 0 Å². The molecular weight excluding hydrogens is 188 g/mol. The molecule has 0 atom stereocenters. The van der Waals surface area contributed by atoms with Gasteiger partial charge in [0.05, 0.1) is 6.21 Å². The number of aliphatic carboxylic acids is 1. The maximum absolute atomic E-state index is 10.0. The summed E-state index contributed by atoms with van der Waals surface area (Å²) < 4.78 is 0.884. The van der Waals surface area contributed by atoms with E-state index in [9.17, 15) is 4.79 Å². The zero-order valence-corrected chi connectivity index (χ0v) is 7.20. The van der Waals surface area contributed by atoms with E-state index in [1.54, 1.807) is 12.1 Å². The number of carboxylic acid groups (broad SMARTS) is 1. The van der Waals surface area contributed by atoms with E-state index in [1.165, 1.54) is 18.6 Å². The highest BCUT2D eigenvalue weighted by molar-refractivity contribution is 5.78. The maximum atomic E-state index is 10.0. The highest BCUT2D eigenvalue weighted by Crippen LogP contribution is 1.90. The lowest BCUT2D eigenvalue weighted by atomic mass is 10.3. The van der Waals surface area contributed by atoms with Gasteiger partial charge in [-0.25, -0.2) is 4.79 Å². The van der Waals surface area contributed by atoms with Crippen molar-refractivity contribution >= 4 is 12.2 Å². The van der Waals surface area contributed by atoms with Gasteiger partial charge in [-0.2, -0.15) is 0 Å². The Bertz CT molecular complexity index is 334. The first-order valence-corrected chi connectivity index (χ1v) is 3.76. The minimum absolute atomic E-state index is 0.469. The van der Waals surface area contributed by atoms with Gasteiger partial charge in [-0.1, -0.05) is 5.16 Å². The molecule has 0 saturated carbocycles. The molecule has 0 fully saturated rings. The first-order chi connectivity index (χ1) is 6.68. The lowest BCUT2D eigenvalue weighted by molar-refractivity contribution is -0.904. The van der Waals surface area contributed by atoms with Gasteiger partial charge in [0.2, 0.25) is 19.0 Å². The minimum Gasteiger partial charge on any atom is -0.479 e. The molecule has 0 saturated heterocycles. The molecule has 0 unspecified atom stereocenters. The predicted octanol–water partition coefficient (Wildman–Crippen LogP) is -0.354. The molecular formula is C8H9N2O4+. The fraction of sp³-hybridized carbons (Fsp3) is 0.125. The summed E-state index contributed by atoms with van der Waals surface area (Å²) in [4.78, 5) is 14.4. The fourth-order valence-electron chi connectivity index (χ4n) is 0.707. The molecule has 6 nitrogen and oxygen atoms in total. The third-order valence-electron chi connectivity index (χ3n) is 1.30. The van der Waals surface area contributed by atoms with Crippen molar-refractivity contribution in [1.82, 2.24) is 0 Å². The maximum Gasteiger partial charge on any atom is 0.344 e. The molecule has 6 heteroatoms. The molecule has 2 N–H and O–H groups in total. The van der Waals surface area contributed by atoms with Gasteiger partial charge in [0, 0.05) is 22.4 Å². The van der Waals surface area contributed by atoms with Crippen molar-refractivity contribution in [3.05, 3.63) is 30.1 Å². The van der Waals surface area contributed by atoms with Gasteiger partial charge < -0.3 is 9.94 Å². The predicted molar refractivity (Wildman–Crippen MR) is 45.0 cm³/mol. The SMILES string of the molecule is O=C(O)CO/N=C/c1cc[n+](O)cc1.